The van der Waals surface area contributed by atoms with Crippen LogP contribution in [-0.4, -0.2) is 50.6 Å². The molecule has 1 aromatic carbocycles. The van der Waals surface area contributed by atoms with Crippen LogP contribution in [0.25, 0.3) is 0 Å². The van der Waals surface area contributed by atoms with Gasteiger partial charge in [0.05, 0.1) is 11.3 Å². The van der Waals surface area contributed by atoms with E-state index >= 15 is 0 Å². The minimum atomic E-state index is -3.09. The molecule has 1 aromatic rings. The molecule has 2 aliphatic rings. The topological polar surface area (TPSA) is 75.7 Å². The molecule has 0 bridgehead atoms. The molecule has 1 fully saturated rings. The third-order valence-corrected chi connectivity index (χ3v) is 5.63. The minimum Gasteiger partial charge on any atom is -0.491 e. The van der Waals surface area contributed by atoms with Gasteiger partial charge in [-0.1, -0.05) is 18.2 Å². The van der Waals surface area contributed by atoms with E-state index in [2.05, 4.69) is 5.32 Å². The highest BCUT2D eigenvalue weighted by molar-refractivity contribution is 7.91. The predicted octanol–water partition coefficient (Wildman–Crippen LogP) is 0.949. The lowest BCUT2D eigenvalue weighted by Crippen LogP contribution is -2.41. The highest BCUT2D eigenvalue weighted by Crippen LogP contribution is 2.31. The zero-order valence-electron chi connectivity index (χ0n) is 11.8. The second kappa shape index (κ2) is 5.22. The van der Waals surface area contributed by atoms with Crippen LogP contribution in [0.1, 0.15) is 18.0 Å². The summed E-state index contributed by atoms with van der Waals surface area (Å²) in [5, 5.41) is 2.47. The number of ether oxygens (including phenoxy) is 1. The van der Waals surface area contributed by atoms with Gasteiger partial charge in [-0.25, -0.2) is 13.2 Å². The van der Waals surface area contributed by atoms with Crippen molar-refractivity contribution >= 4 is 15.9 Å². The maximum Gasteiger partial charge on any atom is 0.318 e. The van der Waals surface area contributed by atoms with E-state index in [9.17, 15) is 13.2 Å². The van der Waals surface area contributed by atoms with Crippen molar-refractivity contribution in [3.8, 4) is 5.75 Å². The van der Waals surface area contributed by atoms with Gasteiger partial charge in [-0.2, -0.15) is 0 Å². The Bertz CT molecular complexity index is 659. The van der Waals surface area contributed by atoms with E-state index in [-0.39, 0.29) is 18.6 Å². The molecular formula is C14H18N2O4S. The first-order valence-electron chi connectivity index (χ1n) is 6.91. The summed E-state index contributed by atoms with van der Waals surface area (Å²) < 4.78 is 28.6. The van der Waals surface area contributed by atoms with Gasteiger partial charge in [0.1, 0.15) is 12.4 Å². The fraction of sp³-hybridized carbons (Fsp3) is 0.500. The van der Waals surface area contributed by atoms with Crippen molar-refractivity contribution in [1.29, 1.82) is 0 Å². The van der Waals surface area contributed by atoms with Crippen LogP contribution in [0, 0.1) is 0 Å². The van der Waals surface area contributed by atoms with Crippen molar-refractivity contribution in [3.63, 3.8) is 0 Å². The third kappa shape index (κ3) is 2.83. The number of benzene rings is 1. The van der Waals surface area contributed by atoms with Crippen molar-refractivity contribution in [3.05, 3.63) is 29.8 Å². The Morgan fingerprint density at radius 2 is 2.14 bits per heavy atom. The lowest BCUT2D eigenvalue weighted by molar-refractivity contribution is 0.201. The van der Waals surface area contributed by atoms with Gasteiger partial charge in [-0.3, -0.25) is 0 Å². The van der Waals surface area contributed by atoms with Crippen LogP contribution < -0.4 is 10.1 Å². The lowest BCUT2D eigenvalue weighted by atomic mass is 10.1. The summed E-state index contributed by atoms with van der Waals surface area (Å²) in [5.41, 5.74) is 0.963. The van der Waals surface area contributed by atoms with E-state index in [4.69, 9.17) is 4.74 Å². The smallest absolute Gasteiger partial charge is 0.318 e. The van der Waals surface area contributed by atoms with Gasteiger partial charge < -0.3 is 15.0 Å². The molecule has 0 saturated carbocycles. The normalized spacial score (nSPS) is 24.5. The van der Waals surface area contributed by atoms with Crippen LogP contribution in [0.15, 0.2) is 24.3 Å². The standard InChI is InChI=1S/C14H18N2O4S/c1-21(18,19)10-6-7-16(8-10)14(17)15-12-9-20-13-5-3-2-4-11(12)13/h2-5,10,12H,6-9H2,1H3,(H,15,17)/t10-,12-/m1/s1. The quantitative estimate of drug-likeness (QED) is 0.882. The minimum absolute atomic E-state index is 0.175. The first kappa shape index (κ1) is 14.2. The summed E-state index contributed by atoms with van der Waals surface area (Å²) in [6.07, 6.45) is 1.73. The average molecular weight is 310 g/mol. The molecule has 6 nitrogen and oxygen atoms in total. The number of para-hydroxylation sites is 1. The number of carbonyl (C=O) groups is 1. The summed E-state index contributed by atoms with van der Waals surface area (Å²) in [5.74, 6) is 0.790. The van der Waals surface area contributed by atoms with Crippen LogP contribution in [0.2, 0.25) is 0 Å². The highest BCUT2D eigenvalue weighted by atomic mass is 32.2. The van der Waals surface area contributed by atoms with E-state index in [1.807, 2.05) is 24.3 Å². The Labute approximate surface area is 124 Å². The summed E-state index contributed by atoms with van der Waals surface area (Å²) in [6.45, 7) is 1.15. The largest absolute Gasteiger partial charge is 0.491 e. The number of rotatable bonds is 2. The molecule has 0 spiro atoms. The van der Waals surface area contributed by atoms with E-state index in [1.54, 1.807) is 4.90 Å². The molecule has 7 heteroatoms. The first-order chi connectivity index (χ1) is 9.95. The molecule has 21 heavy (non-hydrogen) atoms. The van der Waals surface area contributed by atoms with E-state index in [1.165, 1.54) is 6.26 Å². The van der Waals surface area contributed by atoms with Gasteiger partial charge in [0.15, 0.2) is 9.84 Å². The molecule has 1 saturated heterocycles. The average Bonchev–Trinajstić information content (AvgIpc) is 3.05. The van der Waals surface area contributed by atoms with Crippen molar-refractivity contribution in [1.82, 2.24) is 10.2 Å². The van der Waals surface area contributed by atoms with Crippen molar-refractivity contribution in [2.75, 3.05) is 26.0 Å². The predicted molar refractivity (Wildman–Crippen MR) is 78.0 cm³/mol. The number of nitrogens with one attached hydrogen (secondary N) is 1. The SMILES string of the molecule is CS(=O)(=O)[C@@H]1CCN(C(=O)N[C@@H]2COc3ccccc32)C1. The monoisotopic (exact) mass is 310 g/mol. The van der Waals surface area contributed by atoms with Gasteiger partial charge in [-0.15, -0.1) is 0 Å². The van der Waals surface area contributed by atoms with Gasteiger partial charge in [0.25, 0.3) is 0 Å². The number of fused-ring (bicyclic) bond motifs is 1. The number of likely N-dealkylation sites (tertiary alicyclic amines) is 1. The molecule has 3 rings (SSSR count). The molecule has 114 valence electrons. The molecule has 2 atom stereocenters. The molecule has 2 heterocycles. The summed E-state index contributed by atoms with van der Waals surface area (Å²) >= 11 is 0. The zero-order valence-corrected chi connectivity index (χ0v) is 12.6. The van der Waals surface area contributed by atoms with Crippen LogP contribution in [0.3, 0.4) is 0 Å². The number of urea groups is 1. The fourth-order valence-electron chi connectivity index (χ4n) is 2.78. The number of hydrogen-bond acceptors (Lipinski definition) is 4. The second-order valence-electron chi connectivity index (χ2n) is 5.54. The Morgan fingerprint density at radius 3 is 2.86 bits per heavy atom. The number of amides is 2. The maximum absolute atomic E-state index is 12.2. The van der Waals surface area contributed by atoms with Gasteiger partial charge in [0, 0.05) is 24.9 Å². The summed E-state index contributed by atoms with van der Waals surface area (Å²) in [6, 6.07) is 7.19. The van der Waals surface area contributed by atoms with Crippen LogP contribution >= 0.6 is 0 Å². The van der Waals surface area contributed by atoms with Crippen molar-refractivity contribution in [2.45, 2.75) is 17.7 Å². The van der Waals surface area contributed by atoms with Gasteiger partial charge in [0.2, 0.25) is 0 Å². The first-order valence-corrected chi connectivity index (χ1v) is 8.86. The summed E-state index contributed by atoms with van der Waals surface area (Å²) in [4.78, 5) is 13.8. The molecule has 0 unspecified atom stereocenters. The highest BCUT2D eigenvalue weighted by Gasteiger charge is 2.34. The third-order valence-electron chi connectivity index (χ3n) is 4.04. The fourth-order valence-corrected chi connectivity index (χ4v) is 3.77. The van der Waals surface area contributed by atoms with E-state index in [0.29, 0.717) is 19.6 Å². The zero-order chi connectivity index (χ0) is 15.0. The van der Waals surface area contributed by atoms with Crippen LogP contribution in [-0.2, 0) is 9.84 Å². The number of hydrogen-bond donors (Lipinski definition) is 1. The Kier molecular flexibility index (Phi) is 3.52. The molecule has 2 amide bonds. The van der Waals surface area contributed by atoms with Crippen LogP contribution in [0.5, 0.6) is 5.75 Å². The van der Waals surface area contributed by atoms with Gasteiger partial charge >= 0.3 is 6.03 Å². The molecule has 2 aliphatic heterocycles. The second-order valence-corrected chi connectivity index (χ2v) is 7.86. The molecule has 0 radical (unpaired) electrons. The molecular weight excluding hydrogens is 292 g/mol. The Hall–Kier alpha value is -1.76. The Morgan fingerprint density at radius 1 is 1.38 bits per heavy atom. The number of carbonyl (C=O) groups excluding carboxylic acids is 1. The van der Waals surface area contributed by atoms with Gasteiger partial charge in [-0.05, 0) is 12.5 Å². The van der Waals surface area contributed by atoms with Crippen LogP contribution in [0.4, 0.5) is 4.79 Å². The lowest BCUT2D eigenvalue weighted by Gasteiger charge is -2.20. The molecule has 1 N–H and O–H groups in total. The van der Waals surface area contributed by atoms with E-state index < -0.39 is 15.1 Å². The molecule has 0 aliphatic carbocycles. The number of nitrogens with zero attached hydrogens (tertiary/aromatic N) is 1. The van der Waals surface area contributed by atoms with Crippen molar-refractivity contribution < 1.29 is 17.9 Å². The molecule has 0 aromatic heterocycles. The maximum atomic E-state index is 12.2. The van der Waals surface area contributed by atoms with E-state index in [0.717, 1.165) is 11.3 Å². The number of sulfone groups is 1. The summed E-state index contributed by atoms with van der Waals surface area (Å²) in [7, 11) is -3.09. The van der Waals surface area contributed by atoms with Crippen molar-refractivity contribution in [2.24, 2.45) is 0 Å². The Balaban J connectivity index is 1.64.